The summed E-state index contributed by atoms with van der Waals surface area (Å²) in [6.07, 6.45) is 0. The first-order valence-electron chi connectivity index (χ1n) is 6.72. The molecule has 0 aliphatic heterocycles. The van der Waals surface area contributed by atoms with Gasteiger partial charge in [-0.05, 0) is 0 Å². The summed E-state index contributed by atoms with van der Waals surface area (Å²) in [4.78, 5) is 0. The van der Waals surface area contributed by atoms with E-state index >= 15 is 0 Å². The molecular weight excluding hydrogens is 386 g/mol. The molecule has 3 rings (SSSR count). The molecule has 0 amide bonds. The van der Waals surface area contributed by atoms with Crippen LogP contribution in [0.1, 0.15) is 0 Å². The number of rotatable bonds is 3. The molecular formula is C18H15BrCoP. The quantitative estimate of drug-likeness (QED) is 0.575. The Balaban J connectivity index is 2.36. The van der Waals surface area contributed by atoms with E-state index < -0.39 is 4.04 Å². The van der Waals surface area contributed by atoms with Gasteiger partial charge in [0, 0.05) is 0 Å². The zero-order valence-electron chi connectivity index (χ0n) is 11.3. The van der Waals surface area contributed by atoms with E-state index in [1.165, 1.54) is 15.9 Å². The zero-order valence-corrected chi connectivity index (χ0v) is 14.8. The molecule has 0 radical (unpaired) electrons. The van der Waals surface area contributed by atoms with E-state index in [0.717, 1.165) is 0 Å². The van der Waals surface area contributed by atoms with Crippen LogP contribution in [0.25, 0.3) is 0 Å². The fourth-order valence-corrected chi connectivity index (χ4v) is 8.96. The van der Waals surface area contributed by atoms with E-state index in [9.17, 15) is 0 Å². The van der Waals surface area contributed by atoms with Crippen LogP contribution in [0.2, 0.25) is 0 Å². The second-order valence-corrected chi connectivity index (χ2v) is 16.9. The van der Waals surface area contributed by atoms with Gasteiger partial charge in [0.25, 0.3) is 0 Å². The van der Waals surface area contributed by atoms with Gasteiger partial charge in [0.1, 0.15) is 0 Å². The van der Waals surface area contributed by atoms with E-state index in [2.05, 4.69) is 88.3 Å². The van der Waals surface area contributed by atoms with Crippen molar-refractivity contribution in [1.82, 2.24) is 0 Å². The molecule has 0 aliphatic carbocycles. The third-order valence-electron chi connectivity index (χ3n) is 3.59. The van der Waals surface area contributed by atoms with Crippen molar-refractivity contribution in [3.05, 3.63) is 91.0 Å². The van der Waals surface area contributed by atoms with Gasteiger partial charge < -0.3 is 0 Å². The topological polar surface area (TPSA) is 0 Å². The molecule has 0 unspecified atom stereocenters. The molecule has 0 aliphatic rings. The Morgan fingerprint density at radius 1 is 0.524 bits per heavy atom. The van der Waals surface area contributed by atoms with E-state index in [-0.39, 0.29) is 0 Å². The van der Waals surface area contributed by atoms with Crippen LogP contribution >= 0.6 is 19.5 Å². The van der Waals surface area contributed by atoms with Gasteiger partial charge in [-0.15, -0.1) is 0 Å². The molecule has 0 fully saturated rings. The maximum atomic E-state index is 5.36. The Hall–Kier alpha value is -0.924. The molecule has 0 heterocycles. The fourth-order valence-electron chi connectivity index (χ4n) is 2.50. The van der Waals surface area contributed by atoms with Crippen LogP contribution in [-0.2, 0) is 15.3 Å². The SMILES string of the molecule is [Co][P](Br)(c1ccccc1)(c1ccccc1)c1ccccc1. The summed E-state index contributed by atoms with van der Waals surface area (Å²) in [5, 5.41) is 3.63. The Morgan fingerprint density at radius 3 is 1.00 bits per heavy atom. The summed E-state index contributed by atoms with van der Waals surface area (Å²) in [6, 6.07) is 31.4. The predicted molar refractivity (Wildman–Crippen MR) is 94.1 cm³/mol. The molecule has 0 saturated heterocycles. The van der Waals surface area contributed by atoms with Gasteiger partial charge in [-0.25, -0.2) is 0 Å². The molecule has 0 nitrogen and oxygen atoms in total. The molecule has 3 aromatic rings. The van der Waals surface area contributed by atoms with Crippen molar-refractivity contribution in [2.45, 2.75) is 0 Å². The van der Waals surface area contributed by atoms with Gasteiger partial charge in [0.2, 0.25) is 0 Å². The standard InChI is InChI=1S/C18H15BrP.Co/c19-20(16-10-4-1-5-11-16,17-12-6-2-7-13-17)18-14-8-3-9-15-18;/h1-15H;/q+1;-1. The third kappa shape index (κ3) is 2.51. The van der Waals surface area contributed by atoms with Crippen molar-refractivity contribution in [3.8, 4) is 0 Å². The summed E-state index contributed by atoms with van der Waals surface area (Å²) in [7, 11) is 0. The molecule has 0 saturated carbocycles. The average molecular weight is 401 g/mol. The fraction of sp³-hybridized carbons (Fsp3) is 0. The van der Waals surface area contributed by atoms with Crippen LogP contribution in [0, 0.1) is 0 Å². The van der Waals surface area contributed by atoms with E-state index in [4.69, 9.17) is 15.3 Å². The molecule has 0 atom stereocenters. The van der Waals surface area contributed by atoms with Crippen molar-refractivity contribution in [2.24, 2.45) is 0 Å². The van der Waals surface area contributed by atoms with E-state index in [0.29, 0.717) is 0 Å². The molecule has 0 bridgehead atoms. The van der Waals surface area contributed by atoms with Crippen LogP contribution in [-0.4, -0.2) is 0 Å². The Bertz CT molecular complexity index is 624. The summed E-state index contributed by atoms with van der Waals surface area (Å²) in [6.45, 7) is 0. The monoisotopic (exact) mass is 400 g/mol. The second-order valence-electron chi connectivity index (χ2n) is 4.88. The van der Waals surface area contributed by atoms with Gasteiger partial charge in [0.15, 0.2) is 0 Å². The normalized spacial score (nSPS) is 13.4. The minimum absolute atomic E-state index is 1.21. The van der Waals surface area contributed by atoms with Gasteiger partial charge >= 0.3 is 142 Å². The number of hydrogen-bond donors (Lipinski definition) is 0. The first-order chi connectivity index (χ1) is 10.1. The number of benzene rings is 3. The Kier molecular flexibility index (Phi) is 4.07. The molecule has 3 heteroatoms. The number of hydrogen-bond acceptors (Lipinski definition) is 0. The molecule has 108 valence electrons. The number of halogens is 1. The van der Waals surface area contributed by atoms with Crippen molar-refractivity contribution in [3.63, 3.8) is 0 Å². The van der Waals surface area contributed by atoms with Crippen LogP contribution in [0.15, 0.2) is 91.0 Å². The van der Waals surface area contributed by atoms with Crippen molar-refractivity contribution in [2.75, 3.05) is 0 Å². The summed E-state index contributed by atoms with van der Waals surface area (Å²) >= 11 is 9.46. The van der Waals surface area contributed by atoms with E-state index in [1.807, 2.05) is 18.2 Å². The van der Waals surface area contributed by atoms with Crippen molar-refractivity contribution < 1.29 is 15.3 Å². The first-order valence-corrected chi connectivity index (χ1v) is 12.2. The molecule has 21 heavy (non-hydrogen) atoms. The molecule has 0 N–H and O–H groups in total. The maximum absolute atomic E-state index is 5.36. The van der Waals surface area contributed by atoms with Crippen LogP contribution < -0.4 is 15.9 Å². The molecule has 3 aromatic carbocycles. The van der Waals surface area contributed by atoms with Crippen molar-refractivity contribution >= 4 is 35.4 Å². The summed E-state index contributed by atoms with van der Waals surface area (Å²) in [5.74, 6) is 0. The average Bonchev–Trinajstić information content (AvgIpc) is 2.57. The van der Waals surface area contributed by atoms with Crippen LogP contribution in [0.4, 0.5) is 0 Å². The third-order valence-corrected chi connectivity index (χ3v) is 13.2. The van der Waals surface area contributed by atoms with Gasteiger partial charge in [-0.1, -0.05) is 0 Å². The van der Waals surface area contributed by atoms with Crippen molar-refractivity contribution in [1.29, 1.82) is 0 Å². The first kappa shape index (κ1) is 15.0. The summed E-state index contributed by atoms with van der Waals surface area (Å²) in [5.41, 5.74) is 0. The van der Waals surface area contributed by atoms with Crippen LogP contribution in [0.5, 0.6) is 0 Å². The van der Waals surface area contributed by atoms with E-state index in [1.54, 1.807) is 0 Å². The Labute approximate surface area is 141 Å². The predicted octanol–water partition coefficient (Wildman–Crippen LogP) is 4.29. The second kappa shape index (κ2) is 5.70. The summed E-state index contributed by atoms with van der Waals surface area (Å²) < 4.78 is -2.87. The van der Waals surface area contributed by atoms with Gasteiger partial charge in [-0.2, -0.15) is 0 Å². The van der Waals surface area contributed by atoms with Crippen LogP contribution in [0.3, 0.4) is 0 Å². The Morgan fingerprint density at radius 2 is 0.762 bits per heavy atom. The molecule has 0 spiro atoms. The minimum atomic E-state index is -2.87. The molecule has 0 aromatic heterocycles. The zero-order chi connectivity index (χ0) is 14.8. The van der Waals surface area contributed by atoms with Gasteiger partial charge in [-0.3, -0.25) is 0 Å². The van der Waals surface area contributed by atoms with Gasteiger partial charge in [0.05, 0.1) is 0 Å².